The molecule has 0 aromatic carbocycles. The van der Waals surface area contributed by atoms with Crippen LogP contribution < -0.4 is 10.6 Å². The van der Waals surface area contributed by atoms with Crippen LogP contribution >= 0.6 is 0 Å². The van der Waals surface area contributed by atoms with Gasteiger partial charge in [0.15, 0.2) is 0 Å². The molecular weight excluding hydrogens is 242 g/mol. The maximum atomic E-state index is 12.5. The van der Waals surface area contributed by atoms with Gasteiger partial charge in [0.2, 0.25) is 11.8 Å². The van der Waals surface area contributed by atoms with E-state index in [2.05, 4.69) is 17.6 Å². The number of likely N-dealkylation sites (tertiary alicyclic amines) is 1. The molecular formula is C14H23N3O2. The Morgan fingerprint density at radius 2 is 2.16 bits per heavy atom. The van der Waals surface area contributed by atoms with Gasteiger partial charge in [0.1, 0.15) is 0 Å². The highest BCUT2D eigenvalue weighted by atomic mass is 16.2. The number of carbonyl (C=O) groups is 2. The van der Waals surface area contributed by atoms with Crippen molar-refractivity contribution in [2.45, 2.75) is 32.2 Å². The van der Waals surface area contributed by atoms with Crippen molar-refractivity contribution in [3.8, 4) is 0 Å². The van der Waals surface area contributed by atoms with Crippen LogP contribution in [0.2, 0.25) is 0 Å². The lowest BCUT2D eigenvalue weighted by Crippen LogP contribution is -2.57. The number of piperidine rings is 2. The van der Waals surface area contributed by atoms with Gasteiger partial charge in [0.05, 0.1) is 0 Å². The third-order valence-corrected chi connectivity index (χ3v) is 5.04. The SMILES string of the molecule is CC(C(=O)N1CCC2NC(=O)CCC2C1)C1CNC1. The van der Waals surface area contributed by atoms with Gasteiger partial charge in [0, 0.05) is 31.5 Å². The third kappa shape index (κ3) is 2.48. The van der Waals surface area contributed by atoms with Gasteiger partial charge >= 0.3 is 0 Å². The molecule has 0 bridgehead atoms. The van der Waals surface area contributed by atoms with Crippen LogP contribution in [0.15, 0.2) is 0 Å². The Bertz CT molecular complexity index is 381. The first-order valence-electron chi connectivity index (χ1n) is 7.44. The topological polar surface area (TPSA) is 61.4 Å². The lowest BCUT2D eigenvalue weighted by molar-refractivity contribution is -0.140. The van der Waals surface area contributed by atoms with Crippen LogP contribution in [0.5, 0.6) is 0 Å². The summed E-state index contributed by atoms with van der Waals surface area (Å²) in [6.45, 7) is 5.63. The average Bonchev–Trinajstić information content (AvgIpc) is 2.35. The van der Waals surface area contributed by atoms with Gasteiger partial charge in [0.25, 0.3) is 0 Å². The lowest BCUT2D eigenvalue weighted by Gasteiger charge is -2.43. The van der Waals surface area contributed by atoms with E-state index in [0.29, 0.717) is 30.2 Å². The van der Waals surface area contributed by atoms with E-state index in [4.69, 9.17) is 0 Å². The van der Waals surface area contributed by atoms with E-state index in [-0.39, 0.29) is 11.8 Å². The van der Waals surface area contributed by atoms with E-state index < -0.39 is 0 Å². The molecule has 3 rings (SSSR count). The molecule has 0 aliphatic carbocycles. The molecule has 3 aliphatic rings. The van der Waals surface area contributed by atoms with Crippen molar-refractivity contribution in [3.63, 3.8) is 0 Å². The Hall–Kier alpha value is -1.10. The van der Waals surface area contributed by atoms with Crippen molar-refractivity contribution in [2.75, 3.05) is 26.2 Å². The Morgan fingerprint density at radius 1 is 1.37 bits per heavy atom. The highest BCUT2D eigenvalue weighted by Crippen LogP contribution is 2.27. The fourth-order valence-electron chi connectivity index (χ4n) is 3.46. The summed E-state index contributed by atoms with van der Waals surface area (Å²) < 4.78 is 0. The Labute approximate surface area is 114 Å². The molecule has 3 unspecified atom stereocenters. The summed E-state index contributed by atoms with van der Waals surface area (Å²) in [7, 11) is 0. The number of rotatable bonds is 2. The van der Waals surface area contributed by atoms with E-state index in [1.807, 2.05) is 4.90 Å². The zero-order chi connectivity index (χ0) is 13.4. The molecule has 0 saturated carbocycles. The summed E-state index contributed by atoms with van der Waals surface area (Å²) in [6.07, 6.45) is 2.46. The second-order valence-corrected chi connectivity index (χ2v) is 6.25. The fourth-order valence-corrected chi connectivity index (χ4v) is 3.46. The lowest BCUT2D eigenvalue weighted by atomic mass is 9.83. The third-order valence-electron chi connectivity index (χ3n) is 5.04. The number of amides is 2. The van der Waals surface area contributed by atoms with Gasteiger partial charge in [-0.25, -0.2) is 0 Å². The minimum absolute atomic E-state index is 0.135. The normalized spacial score (nSPS) is 33.1. The number of hydrogen-bond donors (Lipinski definition) is 2. The molecule has 2 N–H and O–H groups in total. The maximum absolute atomic E-state index is 12.5. The molecule has 3 fully saturated rings. The molecule has 5 heteroatoms. The predicted molar refractivity (Wildman–Crippen MR) is 71.4 cm³/mol. The Balaban J connectivity index is 1.58. The number of nitrogens with one attached hydrogen (secondary N) is 2. The smallest absolute Gasteiger partial charge is 0.225 e. The molecule has 5 nitrogen and oxygen atoms in total. The summed E-state index contributed by atoms with van der Waals surface area (Å²) in [5.74, 6) is 1.59. The zero-order valence-electron chi connectivity index (χ0n) is 11.5. The summed E-state index contributed by atoms with van der Waals surface area (Å²) in [6, 6.07) is 0.297. The zero-order valence-corrected chi connectivity index (χ0v) is 11.5. The number of hydrogen-bond acceptors (Lipinski definition) is 3. The number of fused-ring (bicyclic) bond motifs is 1. The standard InChI is InChI=1S/C14H23N3O2/c1-9(11-6-15-7-11)14(19)17-5-4-12-10(8-17)2-3-13(18)16-12/h9-12,15H,2-8H2,1H3,(H,16,18). The van der Waals surface area contributed by atoms with E-state index >= 15 is 0 Å². The Morgan fingerprint density at radius 3 is 2.84 bits per heavy atom. The molecule has 0 aromatic rings. The summed E-state index contributed by atoms with van der Waals surface area (Å²) in [5, 5.41) is 6.30. The van der Waals surface area contributed by atoms with E-state index in [1.165, 1.54) is 0 Å². The first kappa shape index (κ1) is 12.9. The first-order chi connectivity index (χ1) is 9.15. The van der Waals surface area contributed by atoms with Gasteiger partial charge in [-0.15, -0.1) is 0 Å². The van der Waals surface area contributed by atoms with Gasteiger partial charge in [-0.05, 0) is 37.8 Å². The molecule has 3 aliphatic heterocycles. The molecule has 0 aromatic heterocycles. The van der Waals surface area contributed by atoms with Crippen LogP contribution in [0.3, 0.4) is 0 Å². The van der Waals surface area contributed by atoms with Gasteiger partial charge in [-0.3, -0.25) is 9.59 Å². The van der Waals surface area contributed by atoms with Crippen LogP contribution in [0.1, 0.15) is 26.2 Å². The van der Waals surface area contributed by atoms with Crippen molar-refractivity contribution in [2.24, 2.45) is 17.8 Å². The van der Waals surface area contributed by atoms with E-state index in [1.54, 1.807) is 0 Å². The maximum Gasteiger partial charge on any atom is 0.225 e. The molecule has 0 spiro atoms. The van der Waals surface area contributed by atoms with Gasteiger partial charge < -0.3 is 15.5 Å². The van der Waals surface area contributed by atoms with Crippen molar-refractivity contribution in [1.82, 2.24) is 15.5 Å². The molecule has 3 heterocycles. The molecule has 0 radical (unpaired) electrons. The van der Waals surface area contributed by atoms with Crippen molar-refractivity contribution in [3.05, 3.63) is 0 Å². The molecule has 2 amide bonds. The summed E-state index contributed by atoms with van der Waals surface area (Å²) >= 11 is 0. The minimum Gasteiger partial charge on any atom is -0.353 e. The van der Waals surface area contributed by atoms with Crippen LogP contribution in [-0.4, -0.2) is 48.9 Å². The van der Waals surface area contributed by atoms with Gasteiger partial charge in [-0.2, -0.15) is 0 Å². The molecule has 3 atom stereocenters. The van der Waals surface area contributed by atoms with Crippen molar-refractivity contribution >= 4 is 11.8 Å². The largest absolute Gasteiger partial charge is 0.353 e. The second-order valence-electron chi connectivity index (χ2n) is 6.25. The number of nitrogens with zero attached hydrogens (tertiary/aromatic N) is 1. The quantitative estimate of drug-likeness (QED) is 0.737. The van der Waals surface area contributed by atoms with Crippen LogP contribution in [0, 0.1) is 17.8 Å². The predicted octanol–water partition coefficient (Wildman–Crippen LogP) is -0.0310. The van der Waals surface area contributed by atoms with Crippen LogP contribution in [0.25, 0.3) is 0 Å². The van der Waals surface area contributed by atoms with Crippen molar-refractivity contribution in [1.29, 1.82) is 0 Å². The molecule has 19 heavy (non-hydrogen) atoms. The van der Waals surface area contributed by atoms with Crippen LogP contribution in [-0.2, 0) is 9.59 Å². The van der Waals surface area contributed by atoms with Crippen LogP contribution in [0.4, 0.5) is 0 Å². The first-order valence-corrected chi connectivity index (χ1v) is 7.44. The summed E-state index contributed by atoms with van der Waals surface area (Å²) in [4.78, 5) is 25.9. The second kappa shape index (κ2) is 5.12. The molecule has 106 valence electrons. The monoisotopic (exact) mass is 265 g/mol. The minimum atomic E-state index is 0.135. The van der Waals surface area contributed by atoms with E-state index in [9.17, 15) is 9.59 Å². The van der Waals surface area contributed by atoms with Crippen molar-refractivity contribution < 1.29 is 9.59 Å². The Kier molecular flexibility index (Phi) is 3.48. The van der Waals surface area contributed by atoms with Gasteiger partial charge in [-0.1, -0.05) is 6.92 Å². The average molecular weight is 265 g/mol. The highest BCUT2D eigenvalue weighted by molar-refractivity contribution is 5.80. The summed E-state index contributed by atoms with van der Waals surface area (Å²) in [5.41, 5.74) is 0. The number of carbonyl (C=O) groups excluding carboxylic acids is 2. The molecule has 3 saturated heterocycles. The fraction of sp³-hybridized carbons (Fsp3) is 0.857. The van der Waals surface area contributed by atoms with E-state index in [0.717, 1.165) is 39.0 Å². The highest BCUT2D eigenvalue weighted by Gasteiger charge is 2.38.